The SMILES string of the molecule is Cc1ccc2c(c1)c(C(=O)C(=O)Nc1cccnc1)c(C(F)(F)F)n2Cc1ccc(Cl)cc1. The third-order valence-electron chi connectivity index (χ3n) is 5.09. The van der Waals surface area contributed by atoms with Crippen molar-refractivity contribution in [2.24, 2.45) is 0 Å². The van der Waals surface area contributed by atoms with Crippen LogP contribution in [-0.4, -0.2) is 21.2 Å². The molecule has 4 rings (SSSR count). The molecule has 0 spiro atoms. The van der Waals surface area contributed by atoms with Gasteiger partial charge in [-0.3, -0.25) is 14.6 Å². The number of fused-ring (bicyclic) bond motifs is 1. The molecule has 9 heteroatoms. The molecular weight excluding hydrogens is 455 g/mol. The molecule has 33 heavy (non-hydrogen) atoms. The van der Waals surface area contributed by atoms with Crippen LogP contribution in [0.4, 0.5) is 18.9 Å². The first-order chi connectivity index (χ1) is 15.6. The van der Waals surface area contributed by atoms with Crippen LogP contribution in [0.15, 0.2) is 67.0 Å². The number of anilines is 1. The molecule has 4 aromatic rings. The Kier molecular flexibility index (Phi) is 5.95. The molecule has 0 aliphatic carbocycles. The molecule has 1 amide bonds. The minimum absolute atomic E-state index is 0.0580. The standard InChI is InChI=1S/C24H17ClF3N3O2/c1-14-4-9-19-18(11-14)20(21(32)23(33)30-17-3-2-10-29-12-17)22(24(26,27)28)31(19)13-15-5-7-16(25)8-6-15/h2-12H,13H2,1H3,(H,30,33). The first kappa shape index (κ1) is 22.5. The lowest BCUT2D eigenvalue weighted by atomic mass is 10.0. The van der Waals surface area contributed by atoms with Gasteiger partial charge in [-0.1, -0.05) is 35.4 Å². The van der Waals surface area contributed by atoms with Crippen molar-refractivity contribution in [1.82, 2.24) is 9.55 Å². The highest BCUT2D eigenvalue weighted by atomic mass is 35.5. The van der Waals surface area contributed by atoms with Crippen molar-refractivity contribution in [2.75, 3.05) is 5.32 Å². The molecule has 0 bridgehead atoms. The molecule has 0 fully saturated rings. The molecule has 0 radical (unpaired) electrons. The Morgan fingerprint density at radius 3 is 2.45 bits per heavy atom. The second kappa shape index (κ2) is 8.71. The van der Waals surface area contributed by atoms with E-state index in [-0.39, 0.29) is 23.1 Å². The topological polar surface area (TPSA) is 64.0 Å². The fourth-order valence-electron chi connectivity index (χ4n) is 3.67. The van der Waals surface area contributed by atoms with Gasteiger partial charge in [-0.25, -0.2) is 0 Å². The number of hydrogen-bond donors (Lipinski definition) is 1. The number of rotatable bonds is 5. The zero-order chi connectivity index (χ0) is 23.8. The number of carbonyl (C=O) groups is 2. The first-order valence-corrected chi connectivity index (χ1v) is 10.2. The van der Waals surface area contributed by atoms with Crippen LogP contribution in [0.3, 0.4) is 0 Å². The fourth-order valence-corrected chi connectivity index (χ4v) is 3.79. The molecule has 2 aromatic heterocycles. The molecule has 168 valence electrons. The summed E-state index contributed by atoms with van der Waals surface area (Å²) < 4.78 is 44.0. The van der Waals surface area contributed by atoms with Crippen molar-refractivity contribution in [3.63, 3.8) is 0 Å². The zero-order valence-corrected chi connectivity index (χ0v) is 18.0. The summed E-state index contributed by atoms with van der Waals surface area (Å²) in [5.74, 6) is -2.46. The summed E-state index contributed by atoms with van der Waals surface area (Å²) in [4.78, 5) is 29.6. The number of hydrogen-bond acceptors (Lipinski definition) is 3. The van der Waals surface area contributed by atoms with E-state index in [2.05, 4.69) is 10.3 Å². The van der Waals surface area contributed by atoms with E-state index >= 15 is 0 Å². The summed E-state index contributed by atoms with van der Waals surface area (Å²) in [5, 5.41) is 2.83. The third kappa shape index (κ3) is 4.61. The summed E-state index contributed by atoms with van der Waals surface area (Å²) in [6.45, 7) is 1.54. The fraction of sp³-hybridized carbons (Fsp3) is 0.125. The minimum Gasteiger partial charge on any atom is -0.332 e. The maximum atomic E-state index is 14.3. The second-order valence-electron chi connectivity index (χ2n) is 7.48. The molecule has 0 aliphatic rings. The summed E-state index contributed by atoms with van der Waals surface area (Å²) >= 11 is 5.90. The van der Waals surface area contributed by atoms with E-state index in [1.54, 1.807) is 37.3 Å². The van der Waals surface area contributed by atoms with E-state index in [9.17, 15) is 22.8 Å². The van der Waals surface area contributed by atoms with Gasteiger partial charge in [0.1, 0.15) is 5.69 Å². The Morgan fingerprint density at radius 1 is 1.09 bits per heavy atom. The van der Waals surface area contributed by atoms with Crippen LogP contribution in [0.25, 0.3) is 10.9 Å². The largest absolute Gasteiger partial charge is 0.432 e. The van der Waals surface area contributed by atoms with Crippen molar-refractivity contribution >= 4 is 39.9 Å². The van der Waals surface area contributed by atoms with E-state index in [1.807, 2.05) is 0 Å². The number of nitrogens with zero attached hydrogens (tertiary/aromatic N) is 2. The number of ketones is 1. The van der Waals surface area contributed by atoms with E-state index in [4.69, 9.17) is 11.6 Å². The van der Waals surface area contributed by atoms with E-state index < -0.39 is 29.1 Å². The molecule has 1 N–H and O–H groups in total. The lowest BCUT2D eigenvalue weighted by Gasteiger charge is -2.15. The quantitative estimate of drug-likeness (QED) is 0.292. The van der Waals surface area contributed by atoms with Gasteiger partial charge < -0.3 is 9.88 Å². The Labute approximate surface area is 191 Å². The Bertz CT molecular complexity index is 1350. The first-order valence-electron chi connectivity index (χ1n) is 9.85. The van der Waals surface area contributed by atoms with E-state index in [0.717, 1.165) is 4.57 Å². The molecule has 0 saturated heterocycles. The molecular formula is C24H17ClF3N3O2. The number of nitrogens with one attached hydrogen (secondary N) is 1. The number of halogens is 4. The van der Waals surface area contributed by atoms with Gasteiger partial charge in [0, 0.05) is 28.7 Å². The van der Waals surface area contributed by atoms with Crippen LogP contribution < -0.4 is 5.32 Å². The zero-order valence-electron chi connectivity index (χ0n) is 17.3. The number of benzene rings is 2. The van der Waals surface area contributed by atoms with Gasteiger partial charge in [0.25, 0.3) is 11.7 Å². The van der Waals surface area contributed by atoms with Gasteiger partial charge in [-0.15, -0.1) is 0 Å². The van der Waals surface area contributed by atoms with E-state index in [1.165, 1.54) is 36.7 Å². The van der Waals surface area contributed by atoms with Gasteiger partial charge in [0.2, 0.25) is 0 Å². The lowest BCUT2D eigenvalue weighted by Crippen LogP contribution is -2.26. The van der Waals surface area contributed by atoms with E-state index in [0.29, 0.717) is 16.1 Å². The predicted octanol–water partition coefficient (Wildman–Crippen LogP) is 5.89. The molecule has 0 saturated carbocycles. The Hall–Kier alpha value is -3.65. The van der Waals surface area contributed by atoms with Gasteiger partial charge >= 0.3 is 6.18 Å². The number of Topliss-reactive ketones (excluding diaryl/α,β-unsaturated/α-hetero) is 1. The highest BCUT2D eigenvalue weighted by Crippen LogP contribution is 2.39. The highest BCUT2D eigenvalue weighted by molar-refractivity contribution is 6.48. The number of carbonyl (C=O) groups excluding carboxylic acids is 2. The van der Waals surface area contributed by atoms with Gasteiger partial charge in [-0.05, 0) is 48.9 Å². The Morgan fingerprint density at radius 2 is 1.82 bits per heavy atom. The van der Waals surface area contributed by atoms with Crippen LogP contribution >= 0.6 is 11.6 Å². The van der Waals surface area contributed by atoms with Gasteiger partial charge in [0.15, 0.2) is 0 Å². The summed E-state index contributed by atoms with van der Waals surface area (Å²) in [6, 6.07) is 14.0. The van der Waals surface area contributed by atoms with Crippen molar-refractivity contribution < 1.29 is 22.8 Å². The number of aromatic nitrogens is 2. The predicted molar refractivity (Wildman–Crippen MR) is 119 cm³/mol. The van der Waals surface area contributed by atoms with Gasteiger partial charge in [-0.2, -0.15) is 13.2 Å². The van der Waals surface area contributed by atoms with Crippen molar-refractivity contribution in [3.05, 3.63) is 94.4 Å². The summed E-state index contributed by atoms with van der Waals surface area (Å²) in [6.07, 6.45) is -2.13. The smallest absolute Gasteiger partial charge is 0.332 e. The highest BCUT2D eigenvalue weighted by Gasteiger charge is 2.42. The number of aryl methyl sites for hydroxylation is 1. The molecule has 2 aromatic carbocycles. The van der Waals surface area contributed by atoms with Crippen LogP contribution in [0.1, 0.15) is 27.2 Å². The average molecular weight is 472 g/mol. The normalized spacial score (nSPS) is 11.5. The molecule has 0 unspecified atom stereocenters. The van der Waals surface area contributed by atoms with Crippen LogP contribution in [0, 0.1) is 6.92 Å². The van der Waals surface area contributed by atoms with Crippen molar-refractivity contribution in [2.45, 2.75) is 19.6 Å². The maximum Gasteiger partial charge on any atom is 0.432 e. The third-order valence-corrected chi connectivity index (χ3v) is 5.35. The second-order valence-corrected chi connectivity index (χ2v) is 7.92. The minimum atomic E-state index is -4.89. The van der Waals surface area contributed by atoms with Crippen molar-refractivity contribution in [3.8, 4) is 0 Å². The number of pyridine rings is 1. The lowest BCUT2D eigenvalue weighted by molar-refractivity contribution is -0.143. The van der Waals surface area contributed by atoms with Crippen LogP contribution in [-0.2, 0) is 17.5 Å². The molecule has 5 nitrogen and oxygen atoms in total. The Balaban J connectivity index is 1.89. The van der Waals surface area contributed by atoms with Gasteiger partial charge in [0.05, 0.1) is 17.4 Å². The summed E-state index contributed by atoms with van der Waals surface area (Å²) in [5.41, 5.74) is -0.255. The molecule has 0 atom stereocenters. The average Bonchev–Trinajstić information content (AvgIpc) is 3.09. The number of amides is 1. The maximum absolute atomic E-state index is 14.3. The van der Waals surface area contributed by atoms with Crippen LogP contribution in [0.2, 0.25) is 5.02 Å². The van der Waals surface area contributed by atoms with Crippen LogP contribution in [0.5, 0.6) is 0 Å². The monoisotopic (exact) mass is 471 g/mol. The number of alkyl halides is 3. The van der Waals surface area contributed by atoms with Crippen molar-refractivity contribution in [1.29, 1.82) is 0 Å². The molecule has 0 aliphatic heterocycles. The summed E-state index contributed by atoms with van der Waals surface area (Å²) in [7, 11) is 0. The molecule has 2 heterocycles.